The van der Waals surface area contributed by atoms with Crippen molar-refractivity contribution in [3.8, 4) is 5.75 Å². The molecule has 2 heterocycles. The summed E-state index contributed by atoms with van der Waals surface area (Å²) >= 11 is 0. The van der Waals surface area contributed by atoms with Gasteiger partial charge in [-0.15, -0.1) is 0 Å². The molecule has 2 aromatic carbocycles. The van der Waals surface area contributed by atoms with E-state index in [4.69, 9.17) is 4.74 Å². The molecule has 3 aromatic rings. The molecule has 8 heteroatoms. The molecule has 0 saturated carbocycles. The highest BCUT2D eigenvalue weighted by Crippen LogP contribution is 2.33. The minimum absolute atomic E-state index is 0.0635. The van der Waals surface area contributed by atoms with Gasteiger partial charge in [-0.25, -0.2) is 9.97 Å². The number of carbonyl (C=O) groups excluding carboxylic acids is 1. The minimum Gasteiger partial charge on any atom is -0.494 e. The Morgan fingerprint density at radius 3 is 2.82 bits per heavy atom. The molecule has 4 rings (SSSR count). The third kappa shape index (κ3) is 5.40. The SMILES string of the molecule is CCc1cccc(Nc2ncnc3cc(OC)c(NC(=O)CN4CCN(C)C(C)C4)cc23)c1. The van der Waals surface area contributed by atoms with E-state index in [9.17, 15) is 4.79 Å². The van der Waals surface area contributed by atoms with Crippen LogP contribution in [-0.2, 0) is 11.2 Å². The van der Waals surface area contributed by atoms with Crippen LogP contribution in [0.1, 0.15) is 19.4 Å². The lowest BCUT2D eigenvalue weighted by Crippen LogP contribution is -2.51. The number of hydrogen-bond acceptors (Lipinski definition) is 7. The Bertz CT molecular complexity index is 1140. The second-order valence-corrected chi connectivity index (χ2v) is 8.58. The van der Waals surface area contributed by atoms with Gasteiger partial charge in [0.1, 0.15) is 17.9 Å². The van der Waals surface area contributed by atoms with Crippen LogP contribution in [0.15, 0.2) is 42.7 Å². The fraction of sp³-hybridized carbons (Fsp3) is 0.400. The largest absolute Gasteiger partial charge is 0.494 e. The molecule has 1 fully saturated rings. The summed E-state index contributed by atoms with van der Waals surface area (Å²) in [7, 11) is 3.71. The first kappa shape index (κ1) is 22.9. The molecule has 1 aliphatic rings. The van der Waals surface area contributed by atoms with E-state index in [2.05, 4.69) is 63.4 Å². The molecule has 33 heavy (non-hydrogen) atoms. The lowest BCUT2D eigenvalue weighted by Gasteiger charge is -2.37. The van der Waals surface area contributed by atoms with Crippen molar-refractivity contribution in [1.82, 2.24) is 19.8 Å². The lowest BCUT2D eigenvalue weighted by molar-refractivity contribution is -0.117. The molecule has 0 bridgehead atoms. The first-order valence-corrected chi connectivity index (χ1v) is 11.4. The van der Waals surface area contributed by atoms with Crippen molar-refractivity contribution < 1.29 is 9.53 Å². The Morgan fingerprint density at radius 1 is 1.21 bits per heavy atom. The molecule has 1 atom stereocenters. The van der Waals surface area contributed by atoms with Crippen LogP contribution in [0.3, 0.4) is 0 Å². The third-order valence-corrected chi connectivity index (χ3v) is 6.24. The molecular formula is C25H32N6O2. The zero-order valence-corrected chi connectivity index (χ0v) is 19.8. The summed E-state index contributed by atoms with van der Waals surface area (Å²) in [6.45, 7) is 7.36. The number of nitrogens with one attached hydrogen (secondary N) is 2. The van der Waals surface area contributed by atoms with Crippen LogP contribution in [0.25, 0.3) is 10.9 Å². The maximum Gasteiger partial charge on any atom is 0.238 e. The topological polar surface area (TPSA) is 82.6 Å². The molecule has 0 spiro atoms. The average Bonchev–Trinajstić information content (AvgIpc) is 2.81. The molecule has 0 radical (unpaired) electrons. The van der Waals surface area contributed by atoms with Gasteiger partial charge in [-0.3, -0.25) is 9.69 Å². The van der Waals surface area contributed by atoms with E-state index in [-0.39, 0.29) is 5.91 Å². The molecular weight excluding hydrogens is 416 g/mol. The van der Waals surface area contributed by atoms with Gasteiger partial charge in [0.15, 0.2) is 0 Å². The molecule has 2 N–H and O–H groups in total. The van der Waals surface area contributed by atoms with Gasteiger partial charge in [0.2, 0.25) is 5.91 Å². The zero-order valence-electron chi connectivity index (χ0n) is 19.8. The van der Waals surface area contributed by atoms with Gasteiger partial charge in [0.05, 0.1) is 24.9 Å². The monoisotopic (exact) mass is 448 g/mol. The number of piperazine rings is 1. The summed E-state index contributed by atoms with van der Waals surface area (Å²) in [6, 6.07) is 12.4. The normalized spacial score (nSPS) is 17.2. The third-order valence-electron chi connectivity index (χ3n) is 6.24. The highest BCUT2D eigenvalue weighted by molar-refractivity contribution is 6.00. The summed E-state index contributed by atoms with van der Waals surface area (Å²) in [5.74, 6) is 1.19. The quantitative estimate of drug-likeness (QED) is 0.572. The van der Waals surface area contributed by atoms with Crippen LogP contribution >= 0.6 is 0 Å². The summed E-state index contributed by atoms with van der Waals surface area (Å²) in [6.07, 6.45) is 2.49. The van der Waals surface area contributed by atoms with Crippen molar-refractivity contribution in [2.45, 2.75) is 26.3 Å². The predicted octanol–water partition coefficient (Wildman–Crippen LogP) is 3.52. The van der Waals surface area contributed by atoms with Crippen molar-refractivity contribution >= 4 is 34.0 Å². The molecule has 1 saturated heterocycles. The van der Waals surface area contributed by atoms with Crippen molar-refractivity contribution in [2.75, 3.05) is 51.0 Å². The second kappa shape index (κ2) is 10.1. The van der Waals surface area contributed by atoms with Crippen LogP contribution < -0.4 is 15.4 Å². The summed E-state index contributed by atoms with van der Waals surface area (Å²) < 4.78 is 5.55. The molecule has 174 valence electrons. The van der Waals surface area contributed by atoms with Gasteiger partial charge in [-0.2, -0.15) is 0 Å². The summed E-state index contributed by atoms with van der Waals surface area (Å²) in [4.78, 5) is 26.2. The number of anilines is 3. The number of aromatic nitrogens is 2. The van der Waals surface area contributed by atoms with E-state index >= 15 is 0 Å². The Hall–Kier alpha value is -3.23. The Kier molecular flexibility index (Phi) is 7.05. The van der Waals surface area contributed by atoms with Gasteiger partial charge < -0.3 is 20.3 Å². The first-order valence-electron chi connectivity index (χ1n) is 11.4. The number of hydrogen-bond donors (Lipinski definition) is 2. The van der Waals surface area contributed by atoms with Crippen molar-refractivity contribution in [3.63, 3.8) is 0 Å². The lowest BCUT2D eigenvalue weighted by atomic mass is 10.1. The molecule has 1 amide bonds. The van der Waals surface area contributed by atoms with Gasteiger partial charge in [-0.1, -0.05) is 19.1 Å². The number of amides is 1. The smallest absolute Gasteiger partial charge is 0.238 e. The minimum atomic E-state index is -0.0635. The Balaban J connectivity index is 1.57. The van der Waals surface area contributed by atoms with Crippen LogP contribution in [0, 0.1) is 0 Å². The number of methoxy groups -OCH3 is 1. The molecule has 1 aromatic heterocycles. The number of benzene rings is 2. The van der Waals surface area contributed by atoms with Crippen LogP contribution in [-0.4, -0.2) is 72.1 Å². The molecule has 1 unspecified atom stereocenters. The first-order chi connectivity index (χ1) is 16.0. The standard InChI is InChI=1S/C25H32N6O2/c1-5-18-7-6-8-19(11-18)28-25-20-12-22(23(33-4)13-21(20)26-16-27-25)29-24(32)15-31-10-9-30(3)17(2)14-31/h6-8,11-13,16-17H,5,9-10,14-15H2,1-4H3,(H,29,32)(H,26,27,28). The Labute approximate surface area is 195 Å². The molecule has 8 nitrogen and oxygen atoms in total. The predicted molar refractivity (Wildman–Crippen MR) is 132 cm³/mol. The highest BCUT2D eigenvalue weighted by Gasteiger charge is 2.22. The van der Waals surface area contributed by atoms with E-state index in [1.54, 1.807) is 7.11 Å². The van der Waals surface area contributed by atoms with Crippen molar-refractivity contribution in [1.29, 1.82) is 0 Å². The number of ether oxygens (including phenoxy) is 1. The maximum absolute atomic E-state index is 12.9. The van der Waals surface area contributed by atoms with Gasteiger partial charge in [-0.05, 0) is 44.2 Å². The zero-order chi connectivity index (χ0) is 23.4. The number of carbonyl (C=O) groups is 1. The Morgan fingerprint density at radius 2 is 2.06 bits per heavy atom. The van der Waals surface area contributed by atoms with Crippen LogP contribution in [0.4, 0.5) is 17.2 Å². The van der Waals surface area contributed by atoms with Crippen molar-refractivity contribution in [3.05, 3.63) is 48.3 Å². The van der Waals surface area contributed by atoms with Crippen LogP contribution in [0.2, 0.25) is 0 Å². The number of aryl methyl sites for hydroxylation is 1. The second-order valence-electron chi connectivity index (χ2n) is 8.58. The molecule has 0 aliphatic carbocycles. The fourth-order valence-corrected chi connectivity index (χ4v) is 4.12. The summed E-state index contributed by atoms with van der Waals surface area (Å²) in [5.41, 5.74) is 3.55. The van der Waals surface area contributed by atoms with Gasteiger partial charge >= 0.3 is 0 Å². The maximum atomic E-state index is 12.9. The van der Waals surface area contributed by atoms with Crippen LogP contribution in [0.5, 0.6) is 5.75 Å². The van der Waals surface area contributed by atoms with E-state index < -0.39 is 0 Å². The fourth-order valence-electron chi connectivity index (χ4n) is 4.12. The number of rotatable bonds is 7. The number of fused-ring (bicyclic) bond motifs is 1. The number of likely N-dealkylation sites (N-methyl/N-ethyl adjacent to an activating group) is 1. The van der Waals surface area contributed by atoms with Gasteiger partial charge in [0.25, 0.3) is 0 Å². The van der Waals surface area contributed by atoms with E-state index in [0.717, 1.165) is 42.6 Å². The molecule has 1 aliphatic heterocycles. The van der Waals surface area contributed by atoms with E-state index in [1.807, 2.05) is 24.3 Å². The van der Waals surface area contributed by atoms with Crippen molar-refractivity contribution in [2.24, 2.45) is 0 Å². The highest BCUT2D eigenvalue weighted by atomic mass is 16.5. The van der Waals surface area contributed by atoms with E-state index in [1.165, 1.54) is 11.9 Å². The average molecular weight is 449 g/mol. The summed E-state index contributed by atoms with van der Waals surface area (Å²) in [5, 5.41) is 7.24. The number of nitrogens with zero attached hydrogens (tertiary/aromatic N) is 4. The van der Waals surface area contributed by atoms with E-state index in [0.29, 0.717) is 29.8 Å². The van der Waals surface area contributed by atoms with Gasteiger partial charge in [0, 0.05) is 42.8 Å².